The van der Waals surface area contributed by atoms with Crippen LogP contribution in [0.2, 0.25) is 0 Å². The number of halogens is 2. The van der Waals surface area contributed by atoms with Crippen LogP contribution in [0.15, 0.2) is 41.1 Å². The van der Waals surface area contributed by atoms with Gasteiger partial charge in [-0.15, -0.1) is 0 Å². The zero-order valence-corrected chi connectivity index (χ0v) is 14.8. The summed E-state index contributed by atoms with van der Waals surface area (Å²) in [5, 5.41) is 2.92. The van der Waals surface area contributed by atoms with Crippen molar-refractivity contribution in [1.82, 2.24) is 14.9 Å². The largest absolute Gasteiger partial charge is 0.342 e. The Bertz CT molecular complexity index is 724. The number of hydrogen-bond donors (Lipinski definition) is 1. The average molecular weight is 380 g/mol. The van der Waals surface area contributed by atoms with Gasteiger partial charge in [0.25, 0.3) is 0 Å². The van der Waals surface area contributed by atoms with E-state index in [0.717, 1.165) is 10.3 Å². The smallest absolute Gasteiger partial charge is 0.244 e. The molecule has 23 heavy (non-hydrogen) atoms. The fourth-order valence-corrected chi connectivity index (χ4v) is 2.59. The Morgan fingerprint density at radius 3 is 2.78 bits per heavy atom. The second kappa shape index (κ2) is 7.55. The predicted molar refractivity (Wildman–Crippen MR) is 92.1 cm³/mol. The molecule has 1 aromatic heterocycles. The van der Waals surface area contributed by atoms with Crippen LogP contribution in [0.3, 0.4) is 0 Å². The number of aryl methyl sites for hydroxylation is 1. The Balaban J connectivity index is 2.12. The van der Waals surface area contributed by atoms with Crippen molar-refractivity contribution in [3.63, 3.8) is 0 Å². The molecule has 0 bridgehead atoms. The lowest BCUT2D eigenvalue weighted by atomic mass is 10.0. The number of rotatable bonds is 5. The Morgan fingerprint density at radius 2 is 2.17 bits per heavy atom. The van der Waals surface area contributed by atoms with Crippen LogP contribution < -0.4 is 5.32 Å². The maximum Gasteiger partial charge on any atom is 0.244 e. The number of benzene rings is 1. The Labute approximate surface area is 143 Å². The van der Waals surface area contributed by atoms with Crippen molar-refractivity contribution in [1.29, 1.82) is 0 Å². The van der Waals surface area contributed by atoms with E-state index in [1.807, 2.05) is 31.7 Å². The molecule has 1 heterocycles. The SMILES string of the molecule is CC(C)C(NC(=O)/C=C/c1cc(Br)ccc1F)c1nccn1C. The quantitative estimate of drug-likeness (QED) is 0.801. The van der Waals surface area contributed by atoms with Crippen LogP contribution in [0.25, 0.3) is 6.08 Å². The minimum absolute atomic E-state index is 0.177. The molecule has 1 unspecified atom stereocenters. The van der Waals surface area contributed by atoms with Crippen LogP contribution in [0.4, 0.5) is 4.39 Å². The lowest BCUT2D eigenvalue weighted by Gasteiger charge is -2.21. The number of carbonyl (C=O) groups excluding carboxylic acids is 1. The third kappa shape index (κ3) is 4.51. The summed E-state index contributed by atoms with van der Waals surface area (Å²) in [5.41, 5.74) is 0.354. The number of amides is 1. The van der Waals surface area contributed by atoms with Gasteiger partial charge >= 0.3 is 0 Å². The van der Waals surface area contributed by atoms with Crippen LogP contribution in [0.1, 0.15) is 31.3 Å². The highest BCUT2D eigenvalue weighted by Crippen LogP contribution is 2.20. The van der Waals surface area contributed by atoms with Gasteiger partial charge in [-0.25, -0.2) is 9.37 Å². The first-order chi connectivity index (χ1) is 10.9. The molecular weight excluding hydrogens is 361 g/mol. The highest BCUT2D eigenvalue weighted by molar-refractivity contribution is 9.10. The topological polar surface area (TPSA) is 46.9 Å². The second-order valence-electron chi connectivity index (χ2n) is 5.63. The van der Waals surface area contributed by atoms with Gasteiger partial charge in [0.05, 0.1) is 6.04 Å². The van der Waals surface area contributed by atoms with E-state index in [1.165, 1.54) is 18.2 Å². The molecule has 0 aliphatic heterocycles. The lowest BCUT2D eigenvalue weighted by molar-refractivity contribution is -0.117. The summed E-state index contributed by atoms with van der Waals surface area (Å²) in [6.07, 6.45) is 6.33. The van der Waals surface area contributed by atoms with Gasteiger partial charge in [-0.3, -0.25) is 4.79 Å². The van der Waals surface area contributed by atoms with E-state index >= 15 is 0 Å². The molecular formula is C17H19BrFN3O. The molecule has 0 radical (unpaired) electrons. The normalized spacial score (nSPS) is 12.8. The van der Waals surface area contributed by atoms with Gasteiger partial charge in [-0.1, -0.05) is 29.8 Å². The molecule has 0 aliphatic rings. The van der Waals surface area contributed by atoms with Crippen LogP contribution in [0, 0.1) is 11.7 Å². The van der Waals surface area contributed by atoms with Gasteiger partial charge in [0.15, 0.2) is 0 Å². The van der Waals surface area contributed by atoms with Gasteiger partial charge in [0, 0.05) is 35.6 Å². The number of nitrogens with zero attached hydrogens (tertiary/aromatic N) is 2. The van der Waals surface area contributed by atoms with E-state index in [4.69, 9.17) is 0 Å². The molecule has 0 saturated carbocycles. The number of imidazole rings is 1. The summed E-state index contributed by atoms with van der Waals surface area (Å²) in [5.74, 6) is 0.305. The van der Waals surface area contributed by atoms with E-state index in [2.05, 4.69) is 26.2 Å². The van der Waals surface area contributed by atoms with Crippen molar-refractivity contribution in [2.75, 3.05) is 0 Å². The van der Waals surface area contributed by atoms with E-state index in [0.29, 0.717) is 5.56 Å². The monoisotopic (exact) mass is 379 g/mol. The summed E-state index contributed by atoms with van der Waals surface area (Å²) in [6.45, 7) is 4.02. The first kappa shape index (κ1) is 17.4. The summed E-state index contributed by atoms with van der Waals surface area (Å²) >= 11 is 3.28. The lowest BCUT2D eigenvalue weighted by Crippen LogP contribution is -2.32. The number of nitrogens with one attached hydrogen (secondary N) is 1. The van der Waals surface area contributed by atoms with Crippen molar-refractivity contribution in [3.05, 3.63) is 58.3 Å². The molecule has 1 N–H and O–H groups in total. The molecule has 1 atom stereocenters. The fraction of sp³-hybridized carbons (Fsp3) is 0.294. The zero-order chi connectivity index (χ0) is 17.0. The van der Waals surface area contributed by atoms with E-state index in [1.54, 1.807) is 18.3 Å². The van der Waals surface area contributed by atoms with Crippen molar-refractivity contribution < 1.29 is 9.18 Å². The average Bonchev–Trinajstić information content (AvgIpc) is 2.91. The molecule has 0 aliphatic carbocycles. The van der Waals surface area contributed by atoms with Crippen LogP contribution in [-0.4, -0.2) is 15.5 Å². The first-order valence-electron chi connectivity index (χ1n) is 7.29. The van der Waals surface area contributed by atoms with Gasteiger partial charge < -0.3 is 9.88 Å². The van der Waals surface area contributed by atoms with Crippen LogP contribution in [-0.2, 0) is 11.8 Å². The molecule has 2 aromatic rings. The maximum absolute atomic E-state index is 13.7. The van der Waals surface area contributed by atoms with Crippen LogP contribution >= 0.6 is 15.9 Å². The second-order valence-corrected chi connectivity index (χ2v) is 6.54. The van der Waals surface area contributed by atoms with Gasteiger partial charge in [-0.05, 0) is 30.2 Å². The zero-order valence-electron chi connectivity index (χ0n) is 13.3. The van der Waals surface area contributed by atoms with Crippen molar-refractivity contribution in [2.45, 2.75) is 19.9 Å². The van der Waals surface area contributed by atoms with Crippen molar-refractivity contribution in [2.24, 2.45) is 13.0 Å². The Kier molecular flexibility index (Phi) is 5.71. The van der Waals surface area contributed by atoms with Crippen molar-refractivity contribution >= 4 is 27.9 Å². The first-order valence-corrected chi connectivity index (χ1v) is 8.08. The van der Waals surface area contributed by atoms with Gasteiger partial charge in [0.2, 0.25) is 5.91 Å². The fourth-order valence-electron chi connectivity index (χ4n) is 2.22. The summed E-state index contributed by atoms with van der Waals surface area (Å²) < 4.78 is 16.3. The van der Waals surface area contributed by atoms with E-state index in [9.17, 15) is 9.18 Å². The van der Waals surface area contributed by atoms with Gasteiger partial charge in [0.1, 0.15) is 11.6 Å². The molecule has 1 amide bonds. The highest BCUT2D eigenvalue weighted by Gasteiger charge is 2.21. The van der Waals surface area contributed by atoms with Crippen molar-refractivity contribution in [3.8, 4) is 0 Å². The molecule has 4 nitrogen and oxygen atoms in total. The number of carbonyl (C=O) groups is 1. The predicted octanol–water partition coefficient (Wildman–Crippen LogP) is 3.85. The number of aromatic nitrogens is 2. The van der Waals surface area contributed by atoms with E-state index in [-0.39, 0.29) is 23.7 Å². The molecule has 1 aromatic carbocycles. The molecule has 0 spiro atoms. The summed E-state index contributed by atoms with van der Waals surface area (Å²) in [4.78, 5) is 16.5. The van der Waals surface area contributed by atoms with Crippen LogP contribution in [0.5, 0.6) is 0 Å². The maximum atomic E-state index is 13.7. The van der Waals surface area contributed by atoms with Gasteiger partial charge in [-0.2, -0.15) is 0 Å². The molecule has 2 rings (SSSR count). The summed E-state index contributed by atoms with van der Waals surface area (Å²) in [6, 6.07) is 4.38. The third-order valence-electron chi connectivity index (χ3n) is 3.47. The Hall–Kier alpha value is -1.95. The van der Waals surface area contributed by atoms with E-state index < -0.39 is 0 Å². The highest BCUT2D eigenvalue weighted by atomic mass is 79.9. The molecule has 6 heteroatoms. The number of hydrogen-bond acceptors (Lipinski definition) is 2. The summed E-state index contributed by atoms with van der Waals surface area (Å²) in [7, 11) is 1.89. The Morgan fingerprint density at radius 1 is 1.43 bits per heavy atom. The third-order valence-corrected chi connectivity index (χ3v) is 3.97. The molecule has 0 saturated heterocycles. The minimum atomic E-state index is -0.373. The minimum Gasteiger partial charge on any atom is -0.342 e. The standard InChI is InChI=1S/C17H19BrFN3O/c1-11(2)16(17-20-8-9-22(17)3)21-15(23)7-4-12-10-13(18)5-6-14(12)19/h4-11,16H,1-3H3,(H,21,23)/b7-4+. The molecule has 122 valence electrons. The molecule has 0 fully saturated rings.